The zero-order valence-electron chi connectivity index (χ0n) is 18.2. The second kappa shape index (κ2) is 10.2. The molecule has 0 saturated heterocycles. The van der Waals surface area contributed by atoms with Crippen LogP contribution in [0.3, 0.4) is 0 Å². The van der Waals surface area contributed by atoms with Crippen LogP contribution in [-0.2, 0) is 14.8 Å². The molecule has 0 aliphatic carbocycles. The summed E-state index contributed by atoms with van der Waals surface area (Å²) in [5.41, 5.74) is 0.853. The maximum absolute atomic E-state index is 13.4. The van der Waals surface area contributed by atoms with Crippen LogP contribution in [0.1, 0.15) is 13.8 Å². The van der Waals surface area contributed by atoms with Gasteiger partial charge < -0.3 is 14.8 Å². The lowest BCUT2D eigenvalue weighted by Crippen LogP contribution is -2.38. The van der Waals surface area contributed by atoms with Gasteiger partial charge in [0, 0.05) is 0 Å². The Labute approximate surface area is 188 Å². The maximum atomic E-state index is 13.4. The Morgan fingerprint density at radius 3 is 2.19 bits per heavy atom. The molecule has 0 fully saturated rings. The zero-order valence-corrected chi connectivity index (χ0v) is 19.0. The summed E-state index contributed by atoms with van der Waals surface area (Å²) in [5, 5.41) is 2.77. The largest absolute Gasteiger partial charge is 0.497 e. The molecule has 0 unspecified atom stereocenters. The molecule has 8 heteroatoms. The lowest BCUT2D eigenvalue weighted by atomic mass is 10.2. The number of nitrogens with one attached hydrogen (secondary N) is 1. The number of methoxy groups -OCH3 is 1. The minimum atomic E-state index is -4.01. The minimum Gasteiger partial charge on any atom is -0.497 e. The fourth-order valence-electron chi connectivity index (χ4n) is 3.03. The van der Waals surface area contributed by atoms with Gasteiger partial charge >= 0.3 is 0 Å². The van der Waals surface area contributed by atoms with Crippen LogP contribution in [0.2, 0.25) is 0 Å². The van der Waals surface area contributed by atoms with E-state index in [1.165, 1.54) is 19.2 Å². The Hall–Kier alpha value is -3.52. The van der Waals surface area contributed by atoms with Crippen LogP contribution in [0, 0.1) is 0 Å². The zero-order chi connectivity index (χ0) is 23.1. The van der Waals surface area contributed by atoms with Gasteiger partial charge in [0.1, 0.15) is 18.0 Å². The summed E-state index contributed by atoms with van der Waals surface area (Å²) in [4.78, 5) is 13.0. The quantitative estimate of drug-likeness (QED) is 0.521. The molecule has 0 radical (unpaired) electrons. The van der Waals surface area contributed by atoms with Gasteiger partial charge in [-0.15, -0.1) is 0 Å². The number of nitrogens with zero attached hydrogens (tertiary/aromatic N) is 1. The first-order chi connectivity index (χ1) is 15.3. The molecule has 0 aliphatic heterocycles. The molecule has 32 heavy (non-hydrogen) atoms. The number of rotatable bonds is 9. The average Bonchev–Trinajstić information content (AvgIpc) is 2.79. The van der Waals surface area contributed by atoms with Crippen molar-refractivity contribution >= 4 is 27.3 Å². The number of hydrogen-bond acceptors (Lipinski definition) is 5. The number of para-hydroxylation sites is 3. The van der Waals surface area contributed by atoms with Crippen molar-refractivity contribution in [1.82, 2.24) is 0 Å². The molecule has 0 heterocycles. The van der Waals surface area contributed by atoms with Crippen molar-refractivity contribution in [3.8, 4) is 11.5 Å². The molecule has 0 aromatic heterocycles. The van der Waals surface area contributed by atoms with Crippen molar-refractivity contribution in [2.75, 3.05) is 23.3 Å². The predicted molar refractivity (Wildman–Crippen MR) is 125 cm³/mol. The highest BCUT2D eigenvalue weighted by atomic mass is 32.2. The molecule has 168 valence electrons. The molecular formula is C24H26N2O5S. The summed E-state index contributed by atoms with van der Waals surface area (Å²) in [6.07, 6.45) is -0.0793. The van der Waals surface area contributed by atoms with Gasteiger partial charge in [0.15, 0.2) is 0 Å². The molecule has 1 N–H and O–H groups in total. The topological polar surface area (TPSA) is 84.9 Å². The van der Waals surface area contributed by atoms with E-state index < -0.39 is 22.5 Å². The predicted octanol–water partition coefficient (Wildman–Crippen LogP) is 4.32. The summed E-state index contributed by atoms with van der Waals surface area (Å²) >= 11 is 0. The van der Waals surface area contributed by atoms with Crippen molar-refractivity contribution < 1.29 is 22.7 Å². The lowest BCUT2D eigenvalue weighted by Gasteiger charge is -2.24. The molecule has 1 amide bonds. The van der Waals surface area contributed by atoms with Crippen LogP contribution in [0.5, 0.6) is 11.5 Å². The first-order valence-corrected chi connectivity index (χ1v) is 11.5. The number of carbonyl (C=O) groups is 1. The monoisotopic (exact) mass is 454 g/mol. The molecule has 0 spiro atoms. The number of carbonyl (C=O) groups excluding carboxylic acids is 1. The summed E-state index contributed by atoms with van der Waals surface area (Å²) in [6, 6.07) is 21.6. The van der Waals surface area contributed by atoms with E-state index in [4.69, 9.17) is 9.47 Å². The van der Waals surface area contributed by atoms with Gasteiger partial charge in [-0.1, -0.05) is 30.3 Å². The number of ether oxygens (including phenoxy) is 2. The van der Waals surface area contributed by atoms with E-state index in [1.807, 2.05) is 13.8 Å². The van der Waals surface area contributed by atoms with Crippen LogP contribution >= 0.6 is 0 Å². The molecule has 0 aliphatic rings. The van der Waals surface area contributed by atoms with Gasteiger partial charge in [-0.3, -0.25) is 9.10 Å². The van der Waals surface area contributed by atoms with E-state index in [1.54, 1.807) is 66.7 Å². The van der Waals surface area contributed by atoms with Crippen molar-refractivity contribution in [3.63, 3.8) is 0 Å². The molecule has 0 saturated carbocycles. The molecule has 3 aromatic carbocycles. The number of hydrogen-bond donors (Lipinski definition) is 1. The lowest BCUT2D eigenvalue weighted by molar-refractivity contribution is -0.114. The first-order valence-electron chi connectivity index (χ1n) is 10.1. The summed E-state index contributed by atoms with van der Waals surface area (Å²) in [5.74, 6) is 0.556. The first kappa shape index (κ1) is 23.1. The second-order valence-corrected chi connectivity index (χ2v) is 9.10. The van der Waals surface area contributed by atoms with Gasteiger partial charge in [0.05, 0.1) is 29.5 Å². The molecule has 7 nitrogen and oxygen atoms in total. The molecule has 3 rings (SSSR count). The normalized spacial score (nSPS) is 11.1. The Bertz CT molecular complexity index is 1150. The third-order valence-corrected chi connectivity index (χ3v) is 6.29. The smallest absolute Gasteiger partial charge is 0.264 e. The van der Waals surface area contributed by atoms with Crippen molar-refractivity contribution in [2.24, 2.45) is 0 Å². The van der Waals surface area contributed by atoms with E-state index in [2.05, 4.69) is 5.32 Å². The fraction of sp³-hybridized carbons (Fsp3) is 0.208. The Morgan fingerprint density at radius 1 is 0.938 bits per heavy atom. The SMILES string of the molecule is COc1ccc(S(=O)(=O)N(CC(=O)Nc2ccccc2OC(C)C)c2ccccc2)cc1. The van der Waals surface area contributed by atoms with Gasteiger partial charge in [0.25, 0.3) is 10.0 Å². The van der Waals surface area contributed by atoms with Crippen LogP contribution in [-0.4, -0.2) is 34.1 Å². The van der Waals surface area contributed by atoms with Gasteiger partial charge in [0.2, 0.25) is 5.91 Å². The maximum Gasteiger partial charge on any atom is 0.264 e. The minimum absolute atomic E-state index is 0.0542. The van der Waals surface area contributed by atoms with E-state index in [9.17, 15) is 13.2 Å². The van der Waals surface area contributed by atoms with Crippen molar-refractivity contribution in [1.29, 1.82) is 0 Å². The fourth-order valence-corrected chi connectivity index (χ4v) is 4.45. The highest BCUT2D eigenvalue weighted by Crippen LogP contribution is 2.27. The Balaban J connectivity index is 1.90. The third kappa shape index (κ3) is 5.59. The molecule has 0 bridgehead atoms. The van der Waals surface area contributed by atoms with Crippen molar-refractivity contribution in [2.45, 2.75) is 24.8 Å². The summed E-state index contributed by atoms with van der Waals surface area (Å²) in [6.45, 7) is 3.36. The highest BCUT2D eigenvalue weighted by molar-refractivity contribution is 7.92. The van der Waals surface area contributed by atoms with Crippen LogP contribution in [0.25, 0.3) is 0 Å². The summed E-state index contributed by atoms with van der Waals surface area (Å²) < 4.78 is 38.8. The molecule has 0 atom stereocenters. The third-order valence-electron chi connectivity index (χ3n) is 4.50. The van der Waals surface area contributed by atoms with E-state index in [0.29, 0.717) is 22.9 Å². The van der Waals surface area contributed by atoms with Crippen LogP contribution in [0.4, 0.5) is 11.4 Å². The average molecular weight is 455 g/mol. The van der Waals surface area contributed by atoms with E-state index in [-0.39, 0.29) is 11.0 Å². The van der Waals surface area contributed by atoms with E-state index in [0.717, 1.165) is 4.31 Å². The van der Waals surface area contributed by atoms with Gasteiger partial charge in [-0.25, -0.2) is 8.42 Å². The Kier molecular flexibility index (Phi) is 7.37. The van der Waals surface area contributed by atoms with Gasteiger partial charge in [-0.2, -0.15) is 0 Å². The van der Waals surface area contributed by atoms with Crippen LogP contribution in [0.15, 0.2) is 83.8 Å². The molecular weight excluding hydrogens is 428 g/mol. The number of sulfonamides is 1. The second-order valence-electron chi connectivity index (χ2n) is 7.23. The highest BCUT2D eigenvalue weighted by Gasteiger charge is 2.27. The van der Waals surface area contributed by atoms with Crippen LogP contribution < -0.4 is 19.1 Å². The number of benzene rings is 3. The van der Waals surface area contributed by atoms with E-state index >= 15 is 0 Å². The number of anilines is 2. The number of amides is 1. The summed E-state index contributed by atoms with van der Waals surface area (Å²) in [7, 11) is -2.50. The van der Waals surface area contributed by atoms with Gasteiger partial charge in [-0.05, 0) is 62.4 Å². The Morgan fingerprint density at radius 2 is 1.56 bits per heavy atom. The molecule has 3 aromatic rings. The van der Waals surface area contributed by atoms with Crippen molar-refractivity contribution in [3.05, 3.63) is 78.9 Å². The standard InChI is InChI=1S/C24H26N2O5S/c1-18(2)31-23-12-8-7-11-22(23)25-24(27)17-26(19-9-5-4-6-10-19)32(28,29)21-15-13-20(30-3)14-16-21/h4-16,18H,17H2,1-3H3,(H,25,27).